The number of nitrogens with zero attached hydrogens (tertiary/aromatic N) is 2. The first-order valence-corrected chi connectivity index (χ1v) is 9.97. The van der Waals surface area contributed by atoms with Gasteiger partial charge in [-0.25, -0.2) is 8.42 Å². The monoisotopic (exact) mass is 366 g/mol. The maximum atomic E-state index is 12.9. The van der Waals surface area contributed by atoms with Crippen molar-refractivity contribution in [3.05, 3.63) is 84.0 Å². The molecular formula is C21H22N2O2S. The Labute approximate surface area is 155 Å². The summed E-state index contributed by atoms with van der Waals surface area (Å²) in [6, 6.07) is 16.9. The fourth-order valence-corrected chi connectivity index (χ4v) is 3.83. The average molecular weight is 366 g/mol. The number of hydrogen-bond donors (Lipinski definition) is 0. The van der Waals surface area contributed by atoms with Gasteiger partial charge >= 0.3 is 0 Å². The quantitative estimate of drug-likeness (QED) is 0.669. The predicted molar refractivity (Wildman–Crippen MR) is 107 cm³/mol. The lowest BCUT2D eigenvalue weighted by molar-refractivity contribution is 0.482. The summed E-state index contributed by atoms with van der Waals surface area (Å²) in [5.41, 5.74) is 3.07. The topological polar surface area (TPSA) is 49.7 Å². The van der Waals surface area contributed by atoms with Crippen LogP contribution in [-0.2, 0) is 10.0 Å². The van der Waals surface area contributed by atoms with E-state index in [2.05, 4.69) is 4.99 Å². The van der Waals surface area contributed by atoms with E-state index in [1.54, 1.807) is 12.1 Å². The molecule has 1 aliphatic rings. The highest BCUT2D eigenvalue weighted by molar-refractivity contribution is 7.89. The molecule has 0 amide bonds. The van der Waals surface area contributed by atoms with Crippen LogP contribution in [0.15, 0.2) is 82.7 Å². The van der Waals surface area contributed by atoms with Crippen molar-refractivity contribution in [2.75, 3.05) is 19.6 Å². The number of hydrogen-bond acceptors (Lipinski definition) is 3. The minimum Gasteiger partial charge on any atom is -0.285 e. The van der Waals surface area contributed by atoms with Gasteiger partial charge in [0.25, 0.3) is 0 Å². The lowest BCUT2D eigenvalue weighted by atomic mass is 10.2. The van der Waals surface area contributed by atoms with Crippen LogP contribution in [0.5, 0.6) is 0 Å². The van der Waals surface area contributed by atoms with Crippen molar-refractivity contribution in [3.8, 4) is 0 Å². The van der Waals surface area contributed by atoms with Crippen LogP contribution in [0.1, 0.15) is 11.1 Å². The van der Waals surface area contributed by atoms with Crippen LogP contribution >= 0.6 is 0 Å². The van der Waals surface area contributed by atoms with Crippen molar-refractivity contribution in [2.24, 2.45) is 4.99 Å². The highest BCUT2D eigenvalue weighted by Gasteiger charge is 2.26. The Morgan fingerprint density at radius 2 is 1.73 bits per heavy atom. The molecule has 3 rings (SSSR count). The van der Waals surface area contributed by atoms with Crippen LogP contribution < -0.4 is 0 Å². The summed E-state index contributed by atoms with van der Waals surface area (Å²) in [6.07, 6.45) is 7.63. The van der Waals surface area contributed by atoms with Crippen LogP contribution in [-0.4, -0.2) is 38.1 Å². The molecule has 0 radical (unpaired) electrons. The van der Waals surface area contributed by atoms with Crippen molar-refractivity contribution >= 4 is 21.8 Å². The van der Waals surface area contributed by atoms with Crippen LogP contribution in [0.2, 0.25) is 0 Å². The van der Waals surface area contributed by atoms with Crippen molar-refractivity contribution in [1.29, 1.82) is 0 Å². The summed E-state index contributed by atoms with van der Waals surface area (Å²) in [7, 11) is -3.54. The Morgan fingerprint density at radius 3 is 2.38 bits per heavy atom. The molecule has 134 valence electrons. The highest BCUT2D eigenvalue weighted by Crippen LogP contribution is 2.17. The van der Waals surface area contributed by atoms with E-state index < -0.39 is 10.0 Å². The molecule has 0 unspecified atom stereocenters. The Kier molecular flexibility index (Phi) is 5.81. The summed E-state index contributed by atoms with van der Waals surface area (Å²) in [5.74, 6) is 0. The molecular weight excluding hydrogens is 344 g/mol. The van der Waals surface area contributed by atoms with Crippen LogP contribution in [0.4, 0.5) is 0 Å². The molecule has 2 aromatic rings. The molecule has 0 aromatic heterocycles. The maximum Gasteiger partial charge on any atom is 0.243 e. The van der Waals surface area contributed by atoms with Gasteiger partial charge in [0, 0.05) is 12.3 Å². The summed E-state index contributed by atoms with van der Waals surface area (Å²) in [5, 5.41) is 0. The lowest BCUT2D eigenvalue weighted by Crippen LogP contribution is -2.34. The van der Waals surface area contributed by atoms with Gasteiger partial charge in [0.2, 0.25) is 10.0 Å². The van der Waals surface area contributed by atoms with E-state index in [1.807, 2.05) is 73.7 Å². The van der Waals surface area contributed by atoms with Crippen LogP contribution in [0.3, 0.4) is 0 Å². The maximum absolute atomic E-state index is 12.9. The van der Waals surface area contributed by atoms with Gasteiger partial charge in [0.1, 0.15) is 0 Å². The van der Waals surface area contributed by atoms with Crippen molar-refractivity contribution < 1.29 is 8.42 Å². The Bertz CT molecular complexity index is 928. The minimum atomic E-state index is -3.54. The zero-order valence-corrected chi connectivity index (χ0v) is 15.6. The first-order chi connectivity index (χ1) is 12.6. The largest absolute Gasteiger partial charge is 0.285 e. The number of aliphatic imine (C=N–C) groups is 1. The van der Waals surface area contributed by atoms with Gasteiger partial charge in [-0.05, 0) is 24.6 Å². The number of rotatable bonds is 8. The standard InChI is InChI=1S/C21H22N2O2S/c1-18-11-13-21(14-12-18)26(24,25)23(17-20-16-22-20)15-7-3-6-10-19-8-4-2-5-9-19/h2-14H,15-17H2,1H3/b7-3+,10-6+. The Hall–Kier alpha value is -2.50. The highest BCUT2D eigenvalue weighted by atomic mass is 32.2. The summed E-state index contributed by atoms with van der Waals surface area (Å²) in [4.78, 5) is 4.44. The van der Waals surface area contributed by atoms with E-state index >= 15 is 0 Å². The van der Waals surface area contributed by atoms with E-state index in [0.29, 0.717) is 24.5 Å². The first-order valence-electron chi connectivity index (χ1n) is 8.53. The number of allylic oxidation sites excluding steroid dienone is 2. The number of aryl methyl sites for hydroxylation is 1. The predicted octanol–water partition coefficient (Wildman–Crippen LogP) is 3.71. The Balaban J connectivity index is 1.69. The average Bonchev–Trinajstić information content (AvgIpc) is 3.46. The van der Waals surface area contributed by atoms with Gasteiger partial charge in [0.05, 0.1) is 18.0 Å². The lowest BCUT2D eigenvalue weighted by Gasteiger charge is -2.19. The minimum absolute atomic E-state index is 0.314. The molecule has 0 aliphatic carbocycles. The second-order valence-electron chi connectivity index (χ2n) is 6.19. The van der Waals surface area contributed by atoms with Gasteiger partial charge in [-0.3, -0.25) is 4.99 Å². The van der Waals surface area contributed by atoms with Gasteiger partial charge in [0.15, 0.2) is 0 Å². The molecule has 26 heavy (non-hydrogen) atoms. The first kappa shape index (κ1) is 18.3. The number of benzene rings is 2. The van der Waals surface area contributed by atoms with Crippen molar-refractivity contribution in [1.82, 2.24) is 4.31 Å². The van der Waals surface area contributed by atoms with Gasteiger partial charge in [-0.2, -0.15) is 4.31 Å². The smallest absolute Gasteiger partial charge is 0.243 e. The SMILES string of the molecule is Cc1ccc(S(=O)(=O)N(C/C=C/C=C/c2ccccc2)CC2=NC2)cc1. The fourth-order valence-electron chi connectivity index (χ4n) is 2.45. The normalized spacial score (nSPS) is 14.3. The third-order valence-corrected chi connectivity index (χ3v) is 5.87. The molecule has 1 heterocycles. The molecule has 0 saturated heterocycles. The molecule has 0 bridgehead atoms. The van der Waals surface area contributed by atoms with E-state index in [1.165, 1.54) is 4.31 Å². The summed E-state index contributed by atoms with van der Waals surface area (Å²) < 4.78 is 27.3. The van der Waals surface area contributed by atoms with Crippen molar-refractivity contribution in [2.45, 2.75) is 11.8 Å². The zero-order chi connectivity index (χ0) is 18.4. The molecule has 4 nitrogen and oxygen atoms in total. The second-order valence-corrected chi connectivity index (χ2v) is 8.13. The van der Waals surface area contributed by atoms with Gasteiger partial charge in [-0.15, -0.1) is 0 Å². The van der Waals surface area contributed by atoms with E-state index in [4.69, 9.17) is 0 Å². The molecule has 0 fully saturated rings. The van der Waals surface area contributed by atoms with Crippen molar-refractivity contribution in [3.63, 3.8) is 0 Å². The molecule has 0 spiro atoms. The zero-order valence-electron chi connectivity index (χ0n) is 14.7. The van der Waals surface area contributed by atoms with E-state index in [0.717, 1.165) is 16.8 Å². The molecule has 5 heteroatoms. The Morgan fingerprint density at radius 1 is 1.04 bits per heavy atom. The molecule has 1 aliphatic heterocycles. The van der Waals surface area contributed by atoms with Gasteiger partial charge in [-0.1, -0.05) is 72.3 Å². The van der Waals surface area contributed by atoms with E-state index in [-0.39, 0.29) is 0 Å². The molecule has 2 aromatic carbocycles. The summed E-state index contributed by atoms with van der Waals surface area (Å²) in [6.45, 7) is 3.27. The molecule has 0 N–H and O–H groups in total. The third kappa shape index (κ3) is 5.00. The molecule has 0 saturated carbocycles. The van der Waals surface area contributed by atoms with Crippen LogP contribution in [0, 0.1) is 6.92 Å². The van der Waals surface area contributed by atoms with Gasteiger partial charge < -0.3 is 0 Å². The second kappa shape index (κ2) is 8.25. The van der Waals surface area contributed by atoms with Crippen LogP contribution in [0.25, 0.3) is 6.08 Å². The molecule has 0 atom stereocenters. The fraction of sp³-hybridized carbons (Fsp3) is 0.190. The summed E-state index contributed by atoms with van der Waals surface area (Å²) >= 11 is 0. The number of sulfonamides is 1. The third-order valence-electron chi connectivity index (χ3n) is 4.04. The van der Waals surface area contributed by atoms with E-state index in [9.17, 15) is 8.42 Å².